The van der Waals surface area contributed by atoms with Gasteiger partial charge in [-0.25, -0.2) is 4.98 Å². The molecule has 0 saturated carbocycles. The Morgan fingerprint density at radius 3 is 2.33 bits per heavy atom. The zero-order valence-electron chi connectivity index (χ0n) is 14.9. The number of benzene rings is 3. The molecule has 1 unspecified atom stereocenters. The normalized spacial score (nSPS) is 15.7. The molecule has 0 fully saturated rings. The summed E-state index contributed by atoms with van der Waals surface area (Å²) >= 11 is 0. The lowest BCUT2D eigenvalue weighted by atomic mass is 9.86. The Bertz CT molecular complexity index is 1180. The van der Waals surface area contributed by atoms with Gasteiger partial charge in [0.15, 0.2) is 6.20 Å². The fourth-order valence-corrected chi connectivity index (χ4v) is 3.96. The number of pyridine rings is 1. The average Bonchev–Trinajstić information content (AvgIpc) is 2.74. The Morgan fingerprint density at radius 2 is 1.56 bits per heavy atom. The number of hydrogen-bond donors (Lipinski definition) is 0. The maximum absolute atomic E-state index is 4.74. The number of nitrogens with zero attached hydrogens (tertiary/aromatic N) is 2. The quantitative estimate of drug-likeness (QED) is 0.412. The van der Waals surface area contributed by atoms with Gasteiger partial charge in [-0.15, -0.1) is 0 Å². The predicted molar refractivity (Wildman–Crippen MR) is 112 cm³/mol. The molecular formula is C25H19N2+. The minimum absolute atomic E-state index is 0.214. The maximum atomic E-state index is 4.74. The molecule has 0 radical (unpaired) electrons. The standard InChI is InChI=1S/C25H19N2/c1-27-17-15-21(19-10-6-3-7-11-19)23-13-12-22-20(18-8-4-2-5-9-18)14-16-26-24(22)25(23)27/h2-17,21H,1H2/q+1. The largest absolute Gasteiger partial charge is 0.249 e. The van der Waals surface area contributed by atoms with Crippen LogP contribution in [0.1, 0.15) is 17.0 Å². The van der Waals surface area contributed by atoms with E-state index in [2.05, 4.69) is 91.8 Å². The summed E-state index contributed by atoms with van der Waals surface area (Å²) in [6, 6.07) is 27.6. The van der Waals surface area contributed by atoms with Crippen molar-refractivity contribution in [3.63, 3.8) is 0 Å². The van der Waals surface area contributed by atoms with Crippen LogP contribution in [0.5, 0.6) is 0 Å². The first kappa shape index (κ1) is 15.7. The second-order valence-corrected chi connectivity index (χ2v) is 6.82. The third-order valence-electron chi connectivity index (χ3n) is 5.24. The lowest BCUT2D eigenvalue weighted by Gasteiger charge is -2.20. The number of rotatable bonds is 2. The van der Waals surface area contributed by atoms with Gasteiger partial charge in [-0.1, -0.05) is 72.8 Å². The Kier molecular flexibility index (Phi) is 3.68. The molecule has 0 spiro atoms. The third-order valence-corrected chi connectivity index (χ3v) is 5.24. The van der Waals surface area contributed by atoms with E-state index in [1.54, 1.807) is 0 Å². The van der Waals surface area contributed by atoms with E-state index in [0.717, 1.165) is 16.6 Å². The monoisotopic (exact) mass is 347 g/mol. The van der Waals surface area contributed by atoms with E-state index in [1.807, 2.05) is 16.8 Å². The molecule has 128 valence electrons. The van der Waals surface area contributed by atoms with E-state index in [-0.39, 0.29) is 5.92 Å². The van der Waals surface area contributed by atoms with Crippen molar-refractivity contribution in [1.29, 1.82) is 0 Å². The third kappa shape index (κ3) is 2.58. The molecule has 0 saturated heterocycles. The lowest BCUT2D eigenvalue weighted by Crippen LogP contribution is -2.10. The molecule has 2 nitrogen and oxygen atoms in total. The Labute approximate surface area is 158 Å². The van der Waals surface area contributed by atoms with Crippen molar-refractivity contribution < 1.29 is 4.58 Å². The molecule has 5 rings (SSSR count). The molecule has 1 aliphatic heterocycles. The van der Waals surface area contributed by atoms with Crippen LogP contribution in [0.25, 0.3) is 22.0 Å². The smallest absolute Gasteiger partial charge is 0.240 e. The summed E-state index contributed by atoms with van der Waals surface area (Å²) in [5, 5.41) is 1.15. The topological polar surface area (TPSA) is 15.9 Å². The van der Waals surface area contributed by atoms with Crippen LogP contribution in [0.2, 0.25) is 0 Å². The van der Waals surface area contributed by atoms with Gasteiger partial charge in [0.05, 0.1) is 0 Å². The fraction of sp³-hybridized carbons (Fsp3) is 0.0400. The summed E-state index contributed by atoms with van der Waals surface area (Å²) in [6.07, 6.45) is 6.16. The van der Waals surface area contributed by atoms with Gasteiger partial charge >= 0.3 is 0 Å². The van der Waals surface area contributed by atoms with E-state index < -0.39 is 0 Å². The van der Waals surface area contributed by atoms with Crippen molar-refractivity contribution in [3.05, 3.63) is 108 Å². The van der Waals surface area contributed by atoms with E-state index in [1.165, 1.54) is 22.3 Å². The van der Waals surface area contributed by atoms with Crippen LogP contribution in [0, 0.1) is 0 Å². The van der Waals surface area contributed by atoms with Gasteiger partial charge in [0.25, 0.3) is 0 Å². The minimum atomic E-state index is 0.214. The summed E-state index contributed by atoms with van der Waals surface area (Å²) in [4.78, 5) is 4.74. The van der Waals surface area contributed by atoms with Crippen LogP contribution in [-0.2, 0) is 0 Å². The van der Waals surface area contributed by atoms with Crippen LogP contribution in [0.4, 0.5) is 5.69 Å². The Balaban J connectivity index is 1.76. The molecular weight excluding hydrogens is 328 g/mol. The van der Waals surface area contributed by atoms with Crippen LogP contribution >= 0.6 is 0 Å². The second-order valence-electron chi connectivity index (χ2n) is 6.82. The summed E-state index contributed by atoms with van der Waals surface area (Å²) < 4.78 is 1.94. The second kappa shape index (κ2) is 6.33. The Morgan fingerprint density at radius 1 is 0.815 bits per heavy atom. The van der Waals surface area contributed by atoms with Gasteiger partial charge in [0.1, 0.15) is 12.2 Å². The number of allylic oxidation sites excluding steroid dienone is 1. The molecule has 4 aromatic rings. The number of aromatic nitrogens is 1. The van der Waals surface area contributed by atoms with Crippen LogP contribution in [0.15, 0.2) is 97.3 Å². The van der Waals surface area contributed by atoms with Crippen LogP contribution < -0.4 is 0 Å². The zero-order chi connectivity index (χ0) is 18.2. The highest BCUT2D eigenvalue weighted by Gasteiger charge is 2.28. The average molecular weight is 347 g/mol. The lowest BCUT2D eigenvalue weighted by molar-refractivity contribution is -0.351. The van der Waals surface area contributed by atoms with Crippen molar-refractivity contribution in [2.75, 3.05) is 0 Å². The first-order valence-corrected chi connectivity index (χ1v) is 9.13. The van der Waals surface area contributed by atoms with Crippen molar-refractivity contribution in [2.45, 2.75) is 5.92 Å². The maximum Gasteiger partial charge on any atom is 0.240 e. The molecule has 2 heteroatoms. The molecule has 2 heterocycles. The summed E-state index contributed by atoms with van der Waals surface area (Å²) in [7, 11) is 0. The van der Waals surface area contributed by atoms with E-state index in [0.29, 0.717) is 0 Å². The highest BCUT2D eigenvalue weighted by Crippen LogP contribution is 2.42. The Hall–Kier alpha value is -3.52. The highest BCUT2D eigenvalue weighted by molar-refractivity contribution is 6.00. The van der Waals surface area contributed by atoms with Crippen molar-refractivity contribution in [3.8, 4) is 11.1 Å². The van der Waals surface area contributed by atoms with E-state index >= 15 is 0 Å². The molecule has 0 bridgehead atoms. The van der Waals surface area contributed by atoms with Gasteiger partial charge in [0.2, 0.25) is 5.69 Å². The molecule has 3 aromatic carbocycles. The van der Waals surface area contributed by atoms with Crippen molar-refractivity contribution in [1.82, 2.24) is 4.98 Å². The van der Waals surface area contributed by atoms with Crippen molar-refractivity contribution in [2.24, 2.45) is 0 Å². The summed E-state index contributed by atoms with van der Waals surface area (Å²) in [5.74, 6) is 0.214. The molecule has 0 aliphatic carbocycles. The van der Waals surface area contributed by atoms with E-state index in [4.69, 9.17) is 4.98 Å². The van der Waals surface area contributed by atoms with Crippen LogP contribution in [0.3, 0.4) is 0 Å². The molecule has 0 N–H and O–H groups in total. The molecule has 1 aliphatic rings. The fourth-order valence-electron chi connectivity index (χ4n) is 3.96. The van der Waals surface area contributed by atoms with Crippen LogP contribution in [-0.4, -0.2) is 16.3 Å². The number of fused-ring (bicyclic) bond motifs is 3. The molecule has 27 heavy (non-hydrogen) atoms. The zero-order valence-corrected chi connectivity index (χ0v) is 14.9. The number of hydrogen-bond acceptors (Lipinski definition) is 1. The van der Waals surface area contributed by atoms with Gasteiger partial charge in [-0.05, 0) is 28.8 Å². The van der Waals surface area contributed by atoms with Crippen molar-refractivity contribution >= 4 is 23.3 Å². The highest BCUT2D eigenvalue weighted by atomic mass is 15.0. The molecule has 0 amide bonds. The minimum Gasteiger partial charge on any atom is -0.249 e. The van der Waals surface area contributed by atoms with Gasteiger partial charge in [-0.2, -0.15) is 4.58 Å². The SMILES string of the molecule is C=[N+]1C=CC(c2ccccc2)c2ccc3c(-c4ccccc4)ccnc3c21. The summed E-state index contributed by atoms with van der Waals surface area (Å²) in [6.45, 7) is 4.23. The first-order valence-electron chi connectivity index (χ1n) is 9.13. The predicted octanol–water partition coefficient (Wildman–Crippen LogP) is 5.91. The molecule has 1 atom stereocenters. The van der Waals surface area contributed by atoms with Gasteiger partial charge in [-0.3, -0.25) is 0 Å². The van der Waals surface area contributed by atoms with Gasteiger partial charge in [0, 0.05) is 23.1 Å². The molecule has 1 aromatic heterocycles. The van der Waals surface area contributed by atoms with E-state index in [9.17, 15) is 0 Å². The first-order chi connectivity index (χ1) is 13.3. The van der Waals surface area contributed by atoms with Gasteiger partial charge < -0.3 is 0 Å². The summed E-state index contributed by atoms with van der Waals surface area (Å²) in [5.41, 5.74) is 7.00.